The van der Waals surface area contributed by atoms with Crippen LogP contribution in [0, 0.1) is 5.92 Å². The minimum Gasteiger partial charge on any atom is -0.434 e. The van der Waals surface area contributed by atoms with Gasteiger partial charge in [0.05, 0.1) is 11.2 Å². The first kappa shape index (κ1) is 19.4. The monoisotopic (exact) mass is 282 g/mol. The Hall–Kier alpha value is 0.0643. The van der Waals surface area contributed by atoms with E-state index >= 15 is 0 Å². The Balaban J connectivity index is 0. The molecule has 3 N–H and O–H groups in total. The van der Waals surface area contributed by atoms with Gasteiger partial charge in [-0.25, -0.2) is 0 Å². The summed E-state index contributed by atoms with van der Waals surface area (Å²) in [5.41, 5.74) is -2.89. The molecule has 0 rings (SSSR count). The molecule has 6 heteroatoms. The maximum Gasteiger partial charge on any atom is 0.317 e. The van der Waals surface area contributed by atoms with Gasteiger partial charge in [-0.15, -0.1) is 0 Å². The van der Waals surface area contributed by atoms with Crippen LogP contribution < -0.4 is 0 Å². The number of esters is 1. The molecule has 0 heterocycles. The van der Waals surface area contributed by atoms with Gasteiger partial charge in [-0.2, -0.15) is 0 Å². The first-order valence-corrected chi connectivity index (χ1v) is 5.15. The molecule has 0 aromatic carbocycles. The largest absolute Gasteiger partial charge is 0.434 e. The topological polar surface area (TPSA) is 87.0 Å². The molecule has 0 unspecified atom stereocenters. The summed E-state index contributed by atoms with van der Waals surface area (Å²) in [7, 11) is 0. The first-order chi connectivity index (χ1) is 6.75. The molecule has 0 bridgehead atoms. The molecule has 0 amide bonds. The average Bonchev–Trinajstić information content (AvgIpc) is 1.70. The number of ether oxygens (including phenoxy) is 1. The summed E-state index contributed by atoms with van der Waals surface area (Å²) >= 11 is 0. The van der Waals surface area contributed by atoms with Crippen LogP contribution in [-0.2, 0) is 31.2 Å². The third-order valence-corrected chi connectivity index (χ3v) is 2.00. The van der Waals surface area contributed by atoms with Gasteiger partial charge >= 0.3 is 5.97 Å². The molecule has 17 heavy (non-hydrogen) atoms. The van der Waals surface area contributed by atoms with Gasteiger partial charge in [0.15, 0.2) is 0 Å². The number of aliphatic hydroxyl groups is 3. The fourth-order valence-corrected chi connectivity index (χ4v) is 1.75. The zero-order valence-corrected chi connectivity index (χ0v) is 12.8. The van der Waals surface area contributed by atoms with Gasteiger partial charge in [0, 0.05) is 35.6 Å². The Morgan fingerprint density at radius 2 is 1.24 bits per heavy atom. The van der Waals surface area contributed by atoms with Crippen LogP contribution in [0.5, 0.6) is 0 Å². The van der Waals surface area contributed by atoms with Gasteiger partial charge in [-0.1, -0.05) is 0 Å². The Labute approximate surface area is 117 Å². The summed E-state index contributed by atoms with van der Waals surface area (Å²) in [6, 6.07) is 0. The minimum atomic E-state index is -1.63. The third kappa shape index (κ3) is 7.16. The minimum absolute atomic E-state index is 0. The third-order valence-electron chi connectivity index (χ3n) is 2.00. The summed E-state index contributed by atoms with van der Waals surface area (Å²) in [5, 5.41) is 29.0. The van der Waals surface area contributed by atoms with E-state index in [0.29, 0.717) is 0 Å². The summed E-state index contributed by atoms with van der Waals surface area (Å²) < 4.78 is 4.75. The first-order valence-electron chi connectivity index (χ1n) is 5.15. The second kappa shape index (κ2) is 5.80. The van der Waals surface area contributed by atoms with Gasteiger partial charge in [0.1, 0.15) is 5.92 Å². The molecule has 0 saturated heterocycles. The van der Waals surface area contributed by atoms with Crippen molar-refractivity contribution >= 4 is 5.97 Å². The molecule has 0 aliphatic heterocycles. The van der Waals surface area contributed by atoms with Gasteiger partial charge in [0.25, 0.3) is 0 Å². The van der Waals surface area contributed by atoms with Crippen molar-refractivity contribution in [3.63, 3.8) is 0 Å². The van der Waals surface area contributed by atoms with Crippen molar-refractivity contribution in [2.75, 3.05) is 0 Å². The van der Waals surface area contributed by atoms with E-state index in [9.17, 15) is 20.1 Å². The van der Waals surface area contributed by atoms with Gasteiger partial charge in [-0.3, -0.25) is 4.79 Å². The van der Waals surface area contributed by atoms with Crippen molar-refractivity contribution in [1.82, 2.24) is 0 Å². The van der Waals surface area contributed by atoms with Crippen molar-refractivity contribution in [3.8, 4) is 0 Å². The Bertz CT molecular complexity index is 243. The van der Waals surface area contributed by atoms with Gasteiger partial charge in [0.2, 0.25) is 5.79 Å². The molecule has 0 fully saturated rings. The Kier molecular flexibility index (Phi) is 6.62. The van der Waals surface area contributed by atoms with E-state index in [-0.39, 0.29) is 21.7 Å². The Morgan fingerprint density at radius 1 is 0.941 bits per heavy atom. The SMILES string of the molecule is CC(C)(O)OC(=O)C(C(C)(C)O)C(C)(C)O.[Ti]. The van der Waals surface area contributed by atoms with Crippen LogP contribution in [0.4, 0.5) is 0 Å². The van der Waals surface area contributed by atoms with E-state index in [1.54, 1.807) is 0 Å². The smallest absolute Gasteiger partial charge is 0.317 e. The number of hydrogen-bond donors (Lipinski definition) is 3. The summed E-state index contributed by atoms with van der Waals surface area (Å²) in [5.74, 6) is -3.62. The number of hydrogen-bond acceptors (Lipinski definition) is 5. The molecule has 0 aliphatic carbocycles. The van der Waals surface area contributed by atoms with E-state index < -0.39 is 28.9 Å². The van der Waals surface area contributed by atoms with Crippen LogP contribution in [0.1, 0.15) is 41.5 Å². The average molecular weight is 282 g/mol. The van der Waals surface area contributed by atoms with Crippen LogP contribution in [0.25, 0.3) is 0 Å². The van der Waals surface area contributed by atoms with Crippen molar-refractivity contribution in [1.29, 1.82) is 0 Å². The van der Waals surface area contributed by atoms with Crippen molar-refractivity contribution in [2.24, 2.45) is 5.92 Å². The standard InChI is InChI=1S/C11H22O5.Ti/c1-9(2,13)7(10(3,4)14)8(12)16-11(5,6)15;/h7,13-15H,1-6H3;. The van der Waals surface area contributed by atoms with Crippen LogP contribution in [0.3, 0.4) is 0 Å². The Morgan fingerprint density at radius 3 is 1.41 bits per heavy atom. The van der Waals surface area contributed by atoms with Crippen molar-refractivity contribution in [2.45, 2.75) is 58.5 Å². The maximum absolute atomic E-state index is 11.7. The zero-order chi connectivity index (χ0) is 13.4. The molecule has 0 spiro atoms. The number of rotatable bonds is 4. The molecule has 0 saturated carbocycles. The normalized spacial score (nSPS) is 13.3. The molecule has 0 aliphatic rings. The van der Waals surface area contributed by atoms with Crippen LogP contribution in [-0.4, -0.2) is 38.3 Å². The summed E-state index contributed by atoms with van der Waals surface area (Å²) in [6.45, 7) is 8.22. The molecule has 0 radical (unpaired) electrons. The summed E-state index contributed by atoms with van der Waals surface area (Å²) in [4.78, 5) is 11.7. The van der Waals surface area contributed by atoms with E-state index in [1.165, 1.54) is 41.5 Å². The molecule has 100 valence electrons. The molecular formula is C11H22O5Ti. The van der Waals surface area contributed by atoms with E-state index in [2.05, 4.69) is 0 Å². The maximum atomic E-state index is 11.7. The van der Waals surface area contributed by atoms with Crippen molar-refractivity contribution in [3.05, 3.63) is 0 Å². The van der Waals surface area contributed by atoms with E-state index in [0.717, 1.165) is 0 Å². The van der Waals surface area contributed by atoms with Crippen LogP contribution in [0.15, 0.2) is 0 Å². The van der Waals surface area contributed by atoms with Crippen LogP contribution in [0.2, 0.25) is 0 Å². The number of carbonyl (C=O) groups is 1. The fourth-order valence-electron chi connectivity index (χ4n) is 1.75. The predicted molar refractivity (Wildman–Crippen MR) is 58.5 cm³/mol. The van der Waals surface area contributed by atoms with Gasteiger partial charge < -0.3 is 20.1 Å². The molecule has 0 atom stereocenters. The predicted octanol–water partition coefficient (Wildman–Crippen LogP) is 0.413. The van der Waals surface area contributed by atoms with E-state index in [1.807, 2.05) is 0 Å². The second-order valence-corrected chi connectivity index (χ2v) is 5.61. The van der Waals surface area contributed by atoms with Gasteiger partial charge in [-0.05, 0) is 27.7 Å². The number of carbonyl (C=O) groups excluding carboxylic acids is 1. The molecule has 0 aromatic heterocycles. The molecule has 0 aromatic rings. The quantitative estimate of drug-likeness (QED) is 0.395. The second-order valence-electron chi connectivity index (χ2n) is 5.61. The van der Waals surface area contributed by atoms with Crippen LogP contribution >= 0.6 is 0 Å². The molecular weight excluding hydrogens is 260 g/mol. The fraction of sp³-hybridized carbons (Fsp3) is 0.909. The summed E-state index contributed by atoms with van der Waals surface area (Å²) in [6.07, 6.45) is 0. The van der Waals surface area contributed by atoms with Crippen molar-refractivity contribution < 1.29 is 46.6 Å². The molecule has 5 nitrogen and oxygen atoms in total. The zero-order valence-electron chi connectivity index (χ0n) is 11.2. The van der Waals surface area contributed by atoms with E-state index in [4.69, 9.17) is 4.74 Å².